The van der Waals surface area contributed by atoms with Crippen LogP contribution in [0, 0.1) is 5.41 Å². The van der Waals surface area contributed by atoms with Crippen molar-refractivity contribution >= 4 is 0 Å². The Labute approximate surface area is 108 Å². The number of nitrogens with zero attached hydrogens (tertiary/aromatic N) is 1. The maximum Gasteiger partial charge on any atom is 0.00924 e. The van der Waals surface area contributed by atoms with Crippen molar-refractivity contribution in [3.63, 3.8) is 0 Å². The minimum Gasteiger partial charge on any atom is -0.316 e. The molecule has 0 heterocycles. The predicted octanol–water partition coefficient (Wildman–Crippen LogP) is 3.28. The average molecular weight is 240 g/mol. The van der Waals surface area contributed by atoms with Crippen LogP contribution < -0.4 is 5.32 Å². The van der Waals surface area contributed by atoms with E-state index in [4.69, 9.17) is 0 Å². The maximum atomic E-state index is 3.60. The smallest absolute Gasteiger partial charge is 0.00924 e. The van der Waals surface area contributed by atoms with Gasteiger partial charge in [0.15, 0.2) is 0 Å². The lowest BCUT2D eigenvalue weighted by Crippen LogP contribution is -2.43. The molecule has 17 heavy (non-hydrogen) atoms. The van der Waals surface area contributed by atoms with E-state index in [1.165, 1.54) is 45.1 Å². The zero-order chi connectivity index (χ0) is 12.7. The average Bonchev–Trinajstić information content (AvgIpc) is 2.83. The Hall–Kier alpha value is -0.0800. The van der Waals surface area contributed by atoms with Crippen molar-refractivity contribution in [2.24, 2.45) is 5.41 Å². The van der Waals surface area contributed by atoms with Crippen LogP contribution in [0.15, 0.2) is 0 Å². The van der Waals surface area contributed by atoms with Crippen molar-refractivity contribution in [1.82, 2.24) is 10.2 Å². The molecule has 2 nitrogen and oxygen atoms in total. The SMILES string of the molecule is CCCNCC(C)(CC)CN(C)C1CCCC1. The molecule has 0 radical (unpaired) electrons. The molecule has 102 valence electrons. The molecule has 1 aliphatic rings. The molecule has 2 heteroatoms. The fourth-order valence-corrected chi connectivity index (χ4v) is 2.94. The topological polar surface area (TPSA) is 15.3 Å². The number of hydrogen-bond donors (Lipinski definition) is 1. The van der Waals surface area contributed by atoms with Crippen LogP contribution in [0.1, 0.15) is 59.3 Å². The van der Waals surface area contributed by atoms with Gasteiger partial charge >= 0.3 is 0 Å². The number of rotatable bonds is 8. The van der Waals surface area contributed by atoms with Gasteiger partial charge in [-0.15, -0.1) is 0 Å². The Morgan fingerprint density at radius 2 is 1.88 bits per heavy atom. The van der Waals surface area contributed by atoms with Crippen molar-refractivity contribution in [2.75, 3.05) is 26.7 Å². The van der Waals surface area contributed by atoms with Crippen LogP contribution in [-0.2, 0) is 0 Å². The lowest BCUT2D eigenvalue weighted by Gasteiger charge is -2.36. The Morgan fingerprint density at radius 1 is 1.24 bits per heavy atom. The minimum atomic E-state index is 0.437. The highest BCUT2D eigenvalue weighted by molar-refractivity contribution is 4.83. The van der Waals surface area contributed by atoms with Gasteiger partial charge in [-0.25, -0.2) is 0 Å². The molecule has 0 aliphatic heterocycles. The van der Waals surface area contributed by atoms with Gasteiger partial charge in [-0.3, -0.25) is 0 Å². The van der Waals surface area contributed by atoms with Gasteiger partial charge in [-0.1, -0.05) is 33.6 Å². The monoisotopic (exact) mass is 240 g/mol. The molecule has 0 spiro atoms. The van der Waals surface area contributed by atoms with E-state index in [1.807, 2.05) is 0 Å². The third kappa shape index (κ3) is 4.97. The normalized spacial score (nSPS) is 21.0. The zero-order valence-corrected chi connectivity index (χ0v) is 12.4. The Kier molecular flexibility index (Phi) is 6.50. The highest BCUT2D eigenvalue weighted by Crippen LogP contribution is 2.27. The molecule has 1 N–H and O–H groups in total. The highest BCUT2D eigenvalue weighted by Gasteiger charge is 2.27. The first-order valence-electron chi connectivity index (χ1n) is 7.52. The van der Waals surface area contributed by atoms with Crippen molar-refractivity contribution < 1.29 is 0 Å². The largest absolute Gasteiger partial charge is 0.316 e. The Bertz CT molecular complexity index is 199. The molecular formula is C15H32N2. The van der Waals surface area contributed by atoms with Gasteiger partial charge in [0.2, 0.25) is 0 Å². The van der Waals surface area contributed by atoms with E-state index in [0.29, 0.717) is 5.41 Å². The first-order chi connectivity index (χ1) is 8.11. The van der Waals surface area contributed by atoms with Crippen LogP contribution in [0.3, 0.4) is 0 Å². The zero-order valence-electron chi connectivity index (χ0n) is 12.4. The van der Waals surface area contributed by atoms with Crippen LogP contribution in [0.2, 0.25) is 0 Å². The van der Waals surface area contributed by atoms with Crippen LogP contribution in [0.4, 0.5) is 0 Å². The minimum absolute atomic E-state index is 0.437. The molecular weight excluding hydrogens is 208 g/mol. The number of nitrogens with one attached hydrogen (secondary N) is 1. The van der Waals surface area contributed by atoms with Crippen molar-refractivity contribution in [1.29, 1.82) is 0 Å². The highest BCUT2D eigenvalue weighted by atomic mass is 15.1. The van der Waals surface area contributed by atoms with Gasteiger partial charge < -0.3 is 10.2 Å². The van der Waals surface area contributed by atoms with E-state index < -0.39 is 0 Å². The van der Waals surface area contributed by atoms with E-state index in [9.17, 15) is 0 Å². The quantitative estimate of drug-likeness (QED) is 0.655. The summed E-state index contributed by atoms with van der Waals surface area (Å²) in [6, 6.07) is 0.854. The molecule has 0 aromatic rings. The summed E-state index contributed by atoms with van der Waals surface area (Å²) in [7, 11) is 2.32. The summed E-state index contributed by atoms with van der Waals surface area (Å²) in [5.41, 5.74) is 0.437. The van der Waals surface area contributed by atoms with E-state index in [-0.39, 0.29) is 0 Å². The lowest BCUT2D eigenvalue weighted by molar-refractivity contribution is 0.142. The maximum absolute atomic E-state index is 3.60. The molecule has 1 saturated carbocycles. The lowest BCUT2D eigenvalue weighted by atomic mass is 9.86. The first-order valence-corrected chi connectivity index (χ1v) is 7.52. The fraction of sp³-hybridized carbons (Fsp3) is 1.00. The molecule has 1 fully saturated rings. The molecule has 0 bridgehead atoms. The summed E-state index contributed by atoms with van der Waals surface area (Å²) in [4.78, 5) is 2.62. The summed E-state index contributed by atoms with van der Waals surface area (Å²) in [6.07, 6.45) is 8.20. The summed E-state index contributed by atoms with van der Waals surface area (Å²) < 4.78 is 0. The second kappa shape index (κ2) is 7.38. The molecule has 0 aromatic carbocycles. The summed E-state index contributed by atoms with van der Waals surface area (Å²) in [5.74, 6) is 0. The second-order valence-electron chi connectivity index (χ2n) is 6.19. The third-order valence-corrected chi connectivity index (χ3v) is 4.41. The van der Waals surface area contributed by atoms with Crippen LogP contribution in [-0.4, -0.2) is 37.6 Å². The van der Waals surface area contributed by atoms with Gasteiger partial charge in [0, 0.05) is 19.1 Å². The van der Waals surface area contributed by atoms with Crippen molar-refractivity contribution in [3.8, 4) is 0 Å². The fourth-order valence-electron chi connectivity index (χ4n) is 2.94. The van der Waals surface area contributed by atoms with Gasteiger partial charge in [-0.2, -0.15) is 0 Å². The molecule has 1 aliphatic carbocycles. The summed E-state index contributed by atoms with van der Waals surface area (Å²) in [6.45, 7) is 10.6. The van der Waals surface area contributed by atoms with E-state index in [1.54, 1.807) is 0 Å². The predicted molar refractivity (Wildman–Crippen MR) is 76.4 cm³/mol. The standard InChI is InChI=1S/C15H32N2/c1-5-11-16-12-15(3,6-2)13-17(4)14-9-7-8-10-14/h14,16H,5-13H2,1-4H3. The van der Waals surface area contributed by atoms with Gasteiger partial charge in [-0.05, 0) is 44.7 Å². The molecule has 1 unspecified atom stereocenters. The molecule has 1 rings (SSSR count). The number of hydrogen-bond acceptors (Lipinski definition) is 2. The van der Waals surface area contributed by atoms with Crippen LogP contribution >= 0.6 is 0 Å². The second-order valence-corrected chi connectivity index (χ2v) is 6.19. The summed E-state index contributed by atoms with van der Waals surface area (Å²) in [5, 5.41) is 3.60. The molecule has 1 atom stereocenters. The van der Waals surface area contributed by atoms with Gasteiger partial charge in [0.25, 0.3) is 0 Å². The van der Waals surface area contributed by atoms with Gasteiger partial charge in [0.1, 0.15) is 0 Å². The Morgan fingerprint density at radius 3 is 2.41 bits per heavy atom. The molecule has 0 amide bonds. The summed E-state index contributed by atoms with van der Waals surface area (Å²) >= 11 is 0. The van der Waals surface area contributed by atoms with E-state index >= 15 is 0 Å². The first kappa shape index (κ1) is 15.0. The van der Waals surface area contributed by atoms with Crippen LogP contribution in [0.25, 0.3) is 0 Å². The van der Waals surface area contributed by atoms with E-state index in [0.717, 1.165) is 19.1 Å². The van der Waals surface area contributed by atoms with Gasteiger partial charge in [0.05, 0.1) is 0 Å². The van der Waals surface area contributed by atoms with Crippen molar-refractivity contribution in [3.05, 3.63) is 0 Å². The van der Waals surface area contributed by atoms with E-state index in [2.05, 4.69) is 38.0 Å². The molecule has 0 saturated heterocycles. The van der Waals surface area contributed by atoms with Crippen molar-refractivity contribution in [2.45, 2.75) is 65.3 Å². The third-order valence-electron chi connectivity index (χ3n) is 4.41. The molecule has 0 aromatic heterocycles. The van der Waals surface area contributed by atoms with Crippen LogP contribution in [0.5, 0.6) is 0 Å². The Balaban J connectivity index is 2.37.